The number of hydrogen-bond acceptors (Lipinski definition) is 0. The summed E-state index contributed by atoms with van der Waals surface area (Å²) in [5, 5.41) is 0. The predicted octanol–water partition coefficient (Wildman–Crippen LogP) is 10.9. The van der Waals surface area contributed by atoms with Crippen LogP contribution in [0.1, 0.15) is 121 Å². The Kier molecular flexibility index (Phi) is 26.1. The molecule has 0 spiro atoms. The first kappa shape index (κ1) is 35.3. The zero-order valence-corrected chi connectivity index (χ0v) is 24.0. The van der Waals surface area contributed by atoms with Gasteiger partial charge in [-0.3, -0.25) is 0 Å². The van der Waals surface area contributed by atoms with E-state index in [1.807, 2.05) is 18.2 Å². The smallest absolute Gasteiger partial charge is 0.0274 e. The minimum absolute atomic E-state index is 1.01. The summed E-state index contributed by atoms with van der Waals surface area (Å²) in [6, 6.07) is 12.5. The summed E-state index contributed by atoms with van der Waals surface area (Å²) in [5.74, 6) is 2.65. The van der Waals surface area contributed by atoms with Crippen LogP contribution in [0.25, 0.3) is 5.57 Å². The highest BCUT2D eigenvalue weighted by Gasteiger charge is 2.01. The van der Waals surface area contributed by atoms with Crippen molar-refractivity contribution in [3.63, 3.8) is 0 Å². The normalized spacial score (nSPS) is 8.67. The maximum Gasteiger partial charge on any atom is 0.0274 e. The Balaban J connectivity index is -0.000000384. The van der Waals surface area contributed by atoms with E-state index in [-0.39, 0.29) is 0 Å². The molecule has 0 aliphatic carbocycles. The monoisotopic (exact) mass is 450 g/mol. The fraction of sp³-hybridized carbons (Fsp3) is 0.515. The molecular weight excluding hydrogens is 396 g/mol. The van der Waals surface area contributed by atoms with Gasteiger partial charge in [-0.2, -0.15) is 0 Å². The largest absolute Gasteiger partial charge is 0.115 e. The van der Waals surface area contributed by atoms with E-state index in [9.17, 15) is 0 Å². The van der Waals surface area contributed by atoms with E-state index < -0.39 is 0 Å². The highest BCUT2D eigenvalue weighted by Crippen LogP contribution is 2.20. The molecule has 0 saturated carbocycles. The quantitative estimate of drug-likeness (QED) is 0.406. The first-order valence-corrected chi connectivity index (χ1v) is 12.9. The van der Waals surface area contributed by atoms with Crippen LogP contribution in [0, 0.1) is 33.1 Å². The lowest BCUT2D eigenvalue weighted by atomic mass is 9.97. The number of aryl methyl sites for hydroxylation is 4. The average Bonchev–Trinajstić information content (AvgIpc) is 2.82. The second kappa shape index (κ2) is 24.4. The Hall–Kier alpha value is -2.26. The van der Waals surface area contributed by atoms with Gasteiger partial charge < -0.3 is 0 Å². The molecule has 0 heteroatoms. The van der Waals surface area contributed by atoms with E-state index in [1.165, 1.54) is 59.9 Å². The van der Waals surface area contributed by atoms with Crippen LogP contribution in [-0.4, -0.2) is 0 Å². The van der Waals surface area contributed by atoms with E-state index >= 15 is 0 Å². The minimum atomic E-state index is 1.01. The van der Waals surface area contributed by atoms with Crippen molar-refractivity contribution in [2.24, 2.45) is 0 Å². The SMILES string of the molecule is C#Cc1ccccc1CC.C=C(C)c1cc(C)c(C)cc1C.CCC.CCCC.CCCC. The summed E-state index contributed by atoms with van der Waals surface area (Å²) in [5.41, 5.74) is 8.74. The lowest BCUT2D eigenvalue weighted by Crippen LogP contribution is -1.89. The van der Waals surface area contributed by atoms with E-state index in [4.69, 9.17) is 6.42 Å². The van der Waals surface area contributed by atoms with E-state index in [0.29, 0.717) is 0 Å². The van der Waals surface area contributed by atoms with Crippen LogP contribution < -0.4 is 0 Å². The molecule has 186 valence electrons. The van der Waals surface area contributed by atoms with Gasteiger partial charge in [-0.1, -0.05) is 129 Å². The summed E-state index contributed by atoms with van der Waals surface area (Å²) >= 11 is 0. The summed E-state index contributed by atoms with van der Waals surface area (Å²) < 4.78 is 0. The third kappa shape index (κ3) is 19.0. The van der Waals surface area contributed by atoms with Crippen molar-refractivity contribution in [3.05, 3.63) is 76.4 Å². The van der Waals surface area contributed by atoms with Crippen molar-refractivity contribution < 1.29 is 0 Å². The van der Waals surface area contributed by atoms with Crippen LogP contribution in [0.2, 0.25) is 0 Å². The second-order valence-corrected chi connectivity index (χ2v) is 8.39. The molecule has 0 N–H and O–H groups in total. The fourth-order valence-corrected chi connectivity index (χ4v) is 2.39. The van der Waals surface area contributed by atoms with Gasteiger partial charge in [-0.15, -0.1) is 6.42 Å². The number of unbranched alkanes of at least 4 members (excludes halogenated alkanes) is 2. The zero-order chi connectivity index (χ0) is 26.2. The molecule has 2 aromatic rings. The lowest BCUT2D eigenvalue weighted by Gasteiger charge is -2.08. The van der Waals surface area contributed by atoms with Crippen molar-refractivity contribution in [2.45, 2.75) is 115 Å². The Bertz CT molecular complexity index is 763. The molecule has 0 heterocycles. The van der Waals surface area contributed by atoms with Gasteiger partial charge in [-0.25, -0.2) is 0 Å². The zero-order valence-electron chi connectivity index (χ0n) is 24.0. The van der Waals surface area contributed by atoms with Gasteiger partial charge in [-0.05, 0) is 68.0 Å². The fourth-order valence-electron chi connectivity index (χ4n) is 2.39. The molecule has 0 amide bonds. The van der Waals surface area contributed by atoms with Crippen molar-refractivity contribution in [3.8, 4) is 12.3 Å². The van der Waals surface area contributed by atoms with Crippen LogP contribution in [-0.2, 0) is 6.42 Å². The summed E-state index contributed by atoms with van der Waals surface area (Å²) in [6.07, 6.45) is 12.8. The molecule has 0 aromatic heterocycles. The number of hydrogen-bond donors (Lipinski definition) is 0. The Labute approximate surface area is 208 Å². The van der Waals surface area contributed by atoms with Gasteiger partial charge >= 0.3 is 0 Å². The Morgan fingerprint density at radius 3 is 1.52 bits per heavy atom. The van der Waals surface area contributed by atoms with Crippen LogP contribution >= 0.6 is 0 Å². The van der Waals surface area contributed by atoms with Crippen LogP contribution in [0.4, 0.5) is 0 Å². The van der Waals surface area contributed by atoms with Gasteiger partial charge in [0.1, 0.15) is 0 Å². The third-order valence-electron chi connectivity index (χ3n) is 4.85. The van der Waals surface area contributed by atoms with Crippen LogP contribution in [0.15, 0.2) is 43.0 Å². The maximum atomic E-state index is 5.28. The molecule has 2 aromatic carbocycles. The lowest BCUT2D eigenvalue weighted by molar-refractivity contribution is 0.886. The van der Waals surface area contributed by atoms with Gasteiger partial charge in [0.15, 0.2) is 0 Å². The number of benzene rings is 2. The van der Waals surface area contributed by atoms with Gasteiger partial charge in [0.2, 0.25) is 0 Å². The molecule has 0 aliphatic rings. The van der Waals surface area contributed by atoms with Gasteiger partial charge in [0.25, 0.3) is 0 Å². The first-order valence-electron chi connectivity index (χ1n) is 12.9. The molecule has 0 nitrogen and oxygen atoms in total. The number of allylic oxidation sites excluding steroid dienone is 1. The molecular formula is C33H54. The molecule has 0 radical (unpaired) electrons. The predicted molar refractivity (Wildman–Crippen MR) is 156 cm³/mol. The molecule has 0 bridgehead atoms. The molecule has 0 atom stereocenters. The summed E-state index contributed by atoms with van der Waals surface area (Å²) in [6.45, 7) is 27.5. The summed E-state index contributed by atoms with van der Waals surface area (Å²) in [4.78, 5) is 0. The third-order valence-corrected chi connectivity index (χ3v) is 4.85. The standard InChI is InChI=1S/C12H16.C10H10.2C4H10.C3H8/c1-8(2)12-7-10(4)9(3)6-11(12)5;1-3-9-7-5-6-8-10(9)4-2;2*1-3-4-2;1-3-2/h6-7H,1H2,2-5H3;1,5-8H,4H2,2H3;2*3-4H2,1-2H3;3H2,1-2H3. The van der Waals surface area contributed by atoms with E-state index in [0.717, 1.165) is 17.6 Å². The molecule has 0 fully saturated rings. The maximum absolute atomic E-state index is 5.28. The van der Waals surface area contributed by atoms with Gasteiger partial charge in [0, 0.05) is 5.56 Å². The van der Waals surface area contributed by atoms with Crippen molar-refractivity contribution in [1.82, 2.24) is 0 Å². The molecule has 0 aliphatic heterocycles. The molecule has 2 rings (SSSR count). The Morgan fingerprint density at radius 1 is 0.758 bits per heavy atom. The first-order chi connectivity index (χ1) is 15.6. The van der Waals surface area contributed by atoms with Gasteiger partial charge in [0.05, 0.1) is 0 Å². The molecule has 0 unspecified atom stereocenters. The summed E-state index contributed by atoms with van der Waals surface area (Å²) in [7, 11) is 0. The highest BCUT2D eigenvalue weighted by atomic mass is 14.1. The van der Waals surface area contributed by atoms with Crippen LogP contribution in [0.5, 0.6) is 0 Å². The molecule has 0 saturated heterocycles. The van der Waals surface area contributed by atoms with Crippen molar-refractivity contribution in [1.29, 1.82) is 0 Å². The van der Waals surface area contributed by atoms with E-state index in [1.54, 1.807) is 0 Å². The van der Waals surface area contributed by atoms with E-state index in [2.05, 4.69) is 107 Å². The number of rotatable bonds is 4. The topological polar surface area (TPSA) is 0 Å². The van der Waals surface area contributed by atoms with Crippen molar-refractivity contribution >= 4 is 5.57 Å². The molecule has 33 heavy (non-hydrogen) atoms. The van der Waals surface area contributed by atoms with Crippen molar-refractivity contribution in [2.75, 3.05) is 0 Å². The minimum Gasteiger partial charge on any atom is -0.115 e. The number of terminal acetylenes is 1. The van der Waals surface area contributed by atoms with Crippen LogP contribution in [0.3, 0.4) is 0 Å². The Morgan fingerprint density at radius 2 is 1.18 bits per heavy atom. The second-order valence-electron chi connectivity index (χ2n) is 8.39. The average molecular weight is 451 g/mol. The highest BCUT2D eigenvalue weighted by molar-refractivity contribution is 5.65.